The van der Waals surface area contributed by atoms with E-state index < -0.39 is 5.97 Å². The molecule has 1 heterocycles. The Balaban J connectivity index is 2.37. The highest BCUT2D eigenvalue weighted by Crippen LogP contribution is 2.31. The lowest BCUT2D eigenvalue weighted by Gasteiger charge is -2.21. The first-order valence-corrected chi connectivity index (χ1v) is 6.82. The summed E-state index contributed by atoms with van der Waals surface area (Å²) in [6, 6.07) is 7.29. The van der Waals surface area contributed by atoms with Crippen molar-refractivity contribution in [3.8, 4) is 0 Å². The molecule has 21 heavy (non-hydrogen) atoms. The summed E-state index contributed by atoms with van der Waals surface area (Å²) >= 11 is 0. The lowest BCUT2D eigenvalue weighted by Crippen LogP contribution is -2.38. The molecular formula is C15H19N3O3. The van der Waals surface area contributed by atoms with Crippen molar-refractivity contribution in [1.29, 1.82) is 0 Å². The molecule has 0 aromatic heterocycles. The van der Waals surface area contributed by atoms with E-state index in [4.69, 9.17) is 4.74 Å². The van der Waals surface area contributed by atoms with Crippen molar-refractivity contribution < 1.29 is 14.3 Å². The molecule has 0 atom stereocenters. The molecule has 0 aliphatic carbocycles. The number of amidine groups is 1. The first kappa shape index (κ1) is 15.0. The molecule has 1 aliphatic heterocycles. The highest BCUT2D eigenvalue weighted by atomic mass is 16.5. The number of rotatable bonds is 3. The Morgan fingerprint density at radius 1 is 1.38 bits per heavy atom. The first-order valence-electron chi connectivity index (χ1n) is 6.82. The lowest BCUT2D eigenvalue weighted by atomic mass is 10.2. The third-order valence-corrected chi connectivity index (χ3v) is 3.14. The smallest absolute Gasteiger partial charge is 0.326 e. The Kier molecular flexibility index (Phi) is 4.57. The van der Waals surface area contributed by atoms with E-state index in [1.165, 1.54) is 4.90 Å². The Morgan fingerprint density at radius 2 is 2.10 bits per heavy atom. The fraction of sp³-hybridized carbons (Fsp3) is 0.400. The van der Waals surface area contributed by atoms with E-state index in [9.17, 15) is 9.59 Å². The minimum absolute atomic E-state index is 0.0973. The molecular weight excluding hydrogens is 270 g/mol. The average Bonchev–Trinajstić information content (AvgIpc) is 2.57. The predicted molar refractivity (Wildman–Crippen MR) is 80.8 cm³/mol. The fourth-order valence-corrected chi connectivity index (χ4v) is 2.10. The van der Waals surface area contributed by atoms with Gasteiger partial charge in [0.25, 0.3) is 0 Å². The van der Waals surface area contributed by atoms with Crippen LogP contribution in [0.25, 0.3) is 0 Å². The molecule has 1 aromatic rings. The van der Waals surface area contributed by atoms with Gasteiger partial charge in [-0.15, -0.1) is 0 Å². The van der Waals surface area contributed by atoms with Gasteiger partial charge in [-0.25, -0.2) is 4.99 Å². The number of fused-ring (bicyclic) bond motifs is 1. The molecule has 0 radical (unpaired) electrons. The molecule has 2 rings (SSSR count). The summed E-state index contributed by atoms with van der Waals surface area (Å²) in [5.74, 6) is 0.0771. The molecule has 0 saturated heterocycles. The van der Waals surface area contributed by atoms with E-state index in [2.05, 4.69) is 4.99 Å². The second-order valence-electron chi connectivity index (χ2n) is 4.87. The number of benzene rings is 1. The van der Waals surface area contributed by atoms with Crippen LogP contribution in [0.4, 0.5) is 11.4 Å². The molecule has 1 aliphatic rings. The minimum Gasteiger partial charge on any atom is -0.465 e. The van der Waals surface area contributed by atoms with Crippen LogP contribution in [0, 0.1) is 0 Å². The zero-order chi connectivity index (χ0) is 15.4. The molecule has 6 heteroatoms. The van der Waals surface area contributed by atoms with Crippen LogP contribution >= 0.6 is 0 Å². The summed E-state index contributed by atoms with van der Waals surface area (Å²) in [6.07, 6.45) is 0.154. The van der Waals surface area contributed by atoms with E-state index in [0.717, 1.165) is 0 Å². The van der Waals surface area contributed by atoms with Gasteiger partial charge in [0.2, 0.25) is 5.91 Å². The third kappa shape index (κ3) is 3.39. The number of anilines is 1. The molecule has 0 spiro atoms. The number of hydrogen-bond acceptors (Lipinski definition) is 5. The molecule has 6 nitrogen and oxygen atoms in total. The summed E-state index contributed by atoms with van der Waals surface area (Å²) in [5, 5.41) is 0. The summed E-state index contributed by atoms with van der Waals surface area (Å²) in [6.45, 7) is 1.94. The van der Waals surface area contributed by atoms with Crippen molar-refractivity contribution >= 4 is 29.1 Å². The van der Waals surface area contributed by atoms with Crippen LogP contribution in [0.2, 0.25) is 0 Å². The maximum Gasteiger partial charge on any atom is 0.326 e. The van der Waals surface area contributed by atoms with Crippen LogP contribution in [-0.2, 0) is 14.3 Å². The van der Waals surface area contributed by atoms with Crippen molar-refractivity contribution in [1.82, 2.24) is 4.90 Å². The Bertz CT molecular complexity index is 581. The van der Waals surface area contributed by atoms with Crippen LogP contribution in [-0.4, -0.2) is 49.9 Å². The molecule has 0 saturated carbocycles. The summed E-state index contributed by atoms with van der Waals surface area (Å²) in [7, 11) is 3.69. The molecule has 0 unspecified atom stereocenters. The number of para-hydroxylation sites is 2. The molecule has 1 aromatic carbocycles. The van der Waals surface area contributed by atoms with Gasteiger partial charge in [0.15, 0.2) is 0 Å². The normalized spacial score (nSPS) is 14.1. The molecule has 0 bridgehead atoms. The van der Waals surface area contributed by atoms with E-state index in [1.54, 1.807) is 13.0 Å². The lowest BCUT2D eigenvalue weighted by molar-refractivity contribution is -0.142. The number of nitrogens with zero attached hydrogens (tertiary/aromatic N) is 3. The standard InChI is InChI=1S/C15H19N3O3/c1-4-21-15(20)10-18-12-8-6-5-7-11(12)16-13(17(2)3)9-14(18)19/h5-8H,4,9-10H2,1-3H3. The van der Waals surface area contributed by atoms with Gasteiger partial charge >= 0.3 is 5.97 Å². The van der Waals surface area contributed by atoms with Crippen molar-refractivity contribution in [2.24, 2.45) is 4.99 Å². The number of amides is 1. The highest BCUT2D eigenvalue weighted by Gasteiger charge is 2.26. The minimum atomic E-state index is -0.422. The van der Waals surface area contributed by atoms with Crippen LogP contribution in [0.3, 0.4) is 0 Å². The molecule has 1 amide bonds. The van der Waals surface area contributed by atoms with Gasteiger partial charge < -0.3 is 9.64 Å². The van der Waals surface area contributed by atoms with Crippen LogP contribution < -0.4 is 4.90 Å². The summed E-state index contributed by atoms with van der Waals surface area (Å²) in [5.41, 5.74) is 1.31. The maximum absolute atomic E-state index is 12.4. The molecule has 112 valence electrons. The zero-order valence-electron chi connectivity index (χ0n) is 12.5. The van der Waals surface area contributed by atoms with Crippen LogP contribution in [0.1, 0.15) is 13.3 Å². The Labute approximate surface area is 124 Å². The highest BCUT2D eigenvalue weighted by molar-refractivity contribution is 6.12. The van der Waals surface area contributed by atoms with E-state index in [-0.39, 0.29) is 18.9 Å². The summed E-state index contributed by atoms with van der Waals surface area (Å²) in [4.78, 5) is 31.9. The third-order valence-electron chi connectivity index (χ3n) is 3.14. The van der Waals surface area contributed by atoms with E-state index >= 15 is 0 Å². The Morgan fingerprint density at radius 3 is 2.76 bits per heavy atom. The van der Waals surface area contributed by atoms with Gasteiger partial charge in [-0.2, -0.15) is 0 Å². The first-order chi connectivity index (χ1) is 10.0. The number of hydrogen-bond donors (Lipinski definition) is 0. The second kappa shape index (κ2) is 6.39. The van der Waals surface area contributed by atoms with Crippen LogP contribution in [0.15, 0.2) is 29.3 Å². The van der Waals surface area contributed by atoms with Crippen molar-refractivity contribution in [2.45, 2.75) is 13.3 Å². The SMILES string of the molecule is CCOC(=O)CN1C(=O)CC(N(C)C)=Nc2ccccc21. The second-order valence-corrected chi connectivity index (χ2v) is 4.87. The van der Waals surface area contributed by atoms with Gasteiger partial charge in [-0.05, 0) is 19.1 Å². The summed E-state index contributed by atoms with van der Waals surface area (Å²) < 4.78 is 4.94. The monoisotopic (exact) mass is 289 g/mol. The number of aliphatic imine (C=N–C) groups is 1. The van der Waals surface area contributed by atoms with Gasteiger partial charge in [0.05, 0.1) is 24.4 Å². The zero-order valence-corrected chi connectivity index (χ0v) is 12.5. The largest absolute Gasteiger partial charge is 0.465 e. The van der Waals surface area contributed by atoms with Gasteiger partial charge in [0, 0.05) is 14.1 Å². The number of esters is 1. The number of ether oxygens (including phenoxy) is 1. The van der Waals surface area contributed by atoms with Gasteiger partial charge in [0.1, 0.15) is 12.4 Å². The number of carbonyl (C=O) groups excluding carboxylic acids is 2. The quantitative estimate of drug-likeness (QED) is 0.793. The van der Waals surface area contributed by atoms with Crippen molar-refractivity contribution in [3.05, 3.63) is 24.3 Å². The molecule has 0 N–H and O–H groups in total. The van der Waals surface area contributed by atoms with E-state index in [0.29, 0.717) is 23.8 Å². The van der Waals surface area contributed by atoms with Crippen LogP contribution in [0.5, 0.6) is 0 Å². The average molecular weight is 289 g/mol. The Hall–Kier alpha value is -2.37. The topological polar surface area (TPSA) is 62.2 Å². The van der Waals surface area contributed by atoms with Gasteiger partial charge in [-0.1, -0.05) is 12.1 Å². The maximum atomic E-state index is 12.4. The molecule has 0 fully saturated rings. The van der Waals surface area contributed by atoms with Crippen molar-refractivity contribution in [3.63, 3.8) is 0 Å². The number of carbonyl (C=O) groups is 2. The van der Waals surface area contributed by atoms with Gasteiger partial charge in [-0.3, -0.25) is 14.5 Å². The fourth-order valence-electron chi connectivity index (χ4n) is 2.10. The predicted octanol–water partition coefficient (Wildman–Crippen LogP) is 1.58. The van der Waals surface area contributed by atoms with Crippen molar-refractivity contribution in [2.75, 3.05) is 32.1 Å². The van der Waals surface area contributed by atoms with E-state index in [1.807, 2.05) is 37.2 Å².